The lowest BCUT2D eigenvalue weighted by atomic mass is 10.1. The third kappa shape index (κ3) is 3.08. The number of para-hydroxylation sites is 2. The molecule has 0 saturated carbocycles. The number of hydrogen-bond acceptors (Lipinski definition) is 2. The average molecular weight is 319 g/mol. The molecule has 0 bridgehead atoms. The van der Waals surface area contributed by atoms with Crippen LogP contribution in [0.3, 0.4) is 0 Å². The summed E-state index contributed by atoms with van der Waals surface area (Å²) in [4.78, 5) is 17.2. The van der Waals surface area contributed by atoms with E-state index in [-0.39, 0.29) is 11.9 Å². The van der Waals surface area contributed by atoms with Crippen molar-refractivity contribution >= 4 is 16.9 Å². The van der Waals surface area contributed by atoms with Gasteiger partial charge < -0.3 is 9.88 Å². The van der Waals surface area contributed by atoms with Gasteiger partial charge in [-0.1, -0.05) is 35.9 Å². The lowest BCUT2D eigenvalue weighted by Gasteiger charge is -2.15. The van der Waals surface area contributed by atoms with E-state index in [0.717, 1.165) is 22.4 Å². The maximum Gasteiger partial charge on any atom is 0.251 e. The number of aromatic nitrogens is 2. The number of amides is 1. The van der Waals surface area contributed by atoms with E-state index in [4.69, 9.17) is 4.98 Å². The van der Waals surface area contributed by atoms with Crippen LogP contribution in [0.5, 0.6) is 0 Å². The predicted molar refractivity (Wildman–Crippen MR) is 97.0 cm³/mol. The zero-order chi connectivity index (χ0) is 17.1. The summed E-state index contributed by atoms with van der Waals surface area (Å²) in [6.07, 6.45) is 1.84. The molecule has 0 aliphatic carbocycles. The maximum absolute atomic E-state index is 12.5. The number of rotatable bonds is 5. The minimum absolute atomic E-state index is 0.0941. The summed E-state index contributed by atoms with van der Waals surface area (Å²) >= 11 is 0. The van der Waals surface area contributed by atoms with E-state index < -0.39 is 0 Å². The Bertz CT molecular complexity index is 895. The second kappa shape index (κ2) is 6.71. The first kappa shape index (κ1) is 16.0. The Hall–Kier alpha value is -2.88. The minimum Gasteiger partial charge on any atom is -0.342 e. The third-order valence-electron chi connectivity index (χ3n) is 4.01. The van der Waals surface area contributed by atoms with E-state index in [0.29, 0.717) is 12.1 Å². The van der Waals surface area contributed by atoms with Crippen LogP contribution in [0.25, 0.3) is 11.0 Å². The Kier molecular flexibility index (Phi) is 4.47. The fourth-order valence-corrected chi connectivity index (χ4v) is 2.88. The number of hydrogen-bond donors (Lipinski definition) is 1. The van der Waals surface area contributed by atoms with Gasteiger partial charge in [0.25, 0.3) is 5.91 Å². The van der Waals surface area contributed by atoms with E-state index in [2.05, 4.69) is 16.5 Å². The Labute approximate surface area is 141 Å². The van der Waals surface area contributed by atoms with Crippen LogP contribution in [-0.4, -0.2) is 15.5 Å². The van der Waals surface area contributed by atoms with Crippen molar-refractivity contribution in [2.75, 3.05) is 0 Å². The molecule has 0 unspecified atom stereocenters. The number of aryl methyl sites for hydroxylation is 1. The van der Waals surface area contributed by atoms with Crippen LogP contribution in [0.2, 0.25) is 0 Å². The van der Waals surface area contributed by atoms with Crippen molar-refractivity contribution in [1.82, 2.24) is 14.9 Å². The number of imidazole rings is 1. The standard InChI is InChI=1S/C20H21N3O/c1-4-12-23-18-11-6-5-10-17(18)22-19(23)15(3)21-20(24)16-9-7-8-14(2)13-16/h4-11,13,15H,1,12H2,2-3H3,(H,21,24)/t15-/m0/s1. The Morgan fingerprint density at radius 1 is 1.29 bits per heavy atom. The number of benzene rings is 2. The molecular weight excluding hydrogens is 298 g/mol. The molecule has 0 spiro atoms. The molecule has 0 radical (unpaired) electrons. The van der Waals surface area contributed by atoms with Crippen molar-refractivity contribution in [2.24, 2.45) is 0 Å². The summed E-state index contributed by atoms with van der Waals surface area (Å²) < 4.78 is 2.09. The molecular formula is C20H21N3O. The molecule has 4 nitrogen and oxygen atoms in total. The molecule has 24 heavy (non-hydrogen) atoms. The zero-order valence-electron chi connectivity index (χ0n) is 14.0. The summed E-state index contributed by atoms with van der Waals surface area (Å²) in [7, 11) is 0. The number of carbonyl (C=O) groups is 1. The van der Waals surface area contributed by atoms with E-state index in [1.807, 2.05) is 68.5 Å². The number of allylic oxidation sites excluding steroid dienone is 1. The molecule has 1 atom stereocenters. The van der Waals surface area contributed by atoms with Crippen molar-refractivity contribution in [3.05, 3.63) is 78.1 Å². The molecule has 0 saturated heterocycles. The molecule has 3 rings (SSSR count). The highest BCUT2D eigenvalue weighted by Gasteiger charge is 2.18. The first-order valence-electron chi connectivity index (χ1n) is 8.03. The van der Waals surface area contributed by atoms with Gasteiger partial charge in [0.05, 0.1) is 17.1 Å². The largest absolute Gasteiger partial charge is 0.342 e. The lowest BCUT2D eigenvalue weighted by molar-refractivity contribution is 0.0937. The van der Waals surface area contributed by atoms with E-state index in [1.165, 1.54) is 0 Å². The molecule has 3 aromatic rings. The van der Waals surface area contributed by atoms with E-state index in [1.54, 1.807) is 0 Å². The molecule has 2 aromatic carbocycles. The number of nitrogens with zero attached hydrogens (tertiary/aromatic N) is 2. The SMILES string of the molecule is C=CCn1c([C@H](C)NC(=O)c2cccc(C)c2)nc2ccccc21. The Balaban J connectivity index is 1.90. The van der Waals surface area contributed by atoms with Crippen LogP contribution in [0.4, 0.5) is 0 Å². The van der Waals surface area contributed by atoms with Crippen molar-refractivity contribution in [3.8, 4) is 0 Å². The second-order valence-electron chi connectivity index (χ2n) is 5.92. The molecule has 1 heterocycles. The van der Waals surface area contributed by atoms with Gasteiger partial charge in [0, 0.05) is 12.1 Å². The van der Waals surface area contributed by atoms with Crippen LogP contribution in [-0.2, 0) is 6.54 Å². The normalized spacial score (nSPS) is 12.1. The zero-order valence-corrected chi connectivity index (χ0v) is 14.0. The predicted octanol–water partition coefficient (Wildman–Crippen LogP) is 4.02. The Morgan fingerprint density at radius 2 is 2.08 bits per heavy atom. The van der Waals surface area contributed by atoms with Gasteiger partial charge in [-0.2, -0.15) is 0 Å². The number of fused-ring (bicyclic) bond motifs is 1. The fraction of sp³-hybridized carbons (Fsp3) is 0.200. The Morgan fingerprint density at radius 3 is 2.83 bits per heavy atom. The first-order valence-corrected chi connectivity index (χ1v) is 8.03. The van der Waals surface area contributed by atoms with Crippen molar-refractivity contribution in [2.45, 2.75) is 26.4 Å². The summed E-state index contributed by atoms with van der Waals surface area (Å²) in [5.41, 5.74) is 3.69. The average Bonchev–Trinajstić information content (AvgIpc) is 2.94. The van der Waals surface area contributed by atoms with Gasteiger partial charge in [-0.05, 0) is 38.1 Å². The highest BCUT2D eigenvalue weighted by Crippen LogP contribution is 2.21. The molecule has 4 heteroatoms. The monoisotopic (exact) mass is 319 g/mol. The summed E-state index contributed by atoms with van der Waals surface area (Å²) in [6.45, 7) is 8.41. The molecule has 0 fully saturated rings. The smallest absolute Gasteiger partial charge is 0.251 e. The fourth-order valence-electron chi connectivity index (χ4n) is 2.88. The van der Waals surface area contributed by atoms with Crippen LogP contribution < -0.4 is 5.32 Å². The molecule has 0 aliphatic heterocycles. The van der Waals surface area contributed by atoms with Crippen molar-refractivity contribution in [3.63, 3.8) is 0 Å². The topological polar surface area (TPSA) is 46.9 Å². The first-order chi connectivity index (χ1) is 11.6. The van der Waals surface area contributed by atoms with Crippen LogP contribution in [0.1, 0.15) is 34.7 Å². The van der Waals surface area contributed by atoms with E-state index >= 15 is 0 Å². The van der Waals surface area contributed by atoms with Gasteiger partial charge in [-0.3, -0.25) is 4.79 Å². The second-order valence-corrected chi connectivity index (χ2v) is 5.92. The molecule has 0 aliphatic rings. The van der Waals surface area contributed by atoms with Crippen LogP contribution >= 0.6 is 0 Å². The molecule has 1 amide bonds. The quantitative estimate of drug-likeness (QED) is 0.722. The summed E-state index contributed by atoms with van der Waals surface area (Å²) in [5, 5.41) is 3.04. The van der Waals surface area contributed by atoms with Crippen molar-refractivity contribution in [1.29, 1.82) is 0 Å². The summed E-state index contributed by atoms with van der Waals surface area (Å²) in [6, 6.07) is 15.3. The van der Waals surface area contributed by atoms with Crippen LogP contribution in [0, 0.1) is 6.92 Å². The summed E-state index contributed by atoms with van der Waals surface area (Å²) in [5.74, 6) is 0.737. The molecule has 122 valence electrons. The van der Waals surface area contributed by atoms with Gasteiger partial charge in [-0.25, -0.2) is 4.98 Å². The number of carbonyl (C=O) groups excluding carboxylic acids is 1. The highest BCUT2D eigenvalue weighted by atomic mass is 16.1. The van der Waals surface area contributed by atoms with Gasteiger partial charge in [0.2, 0.25) is 0 Å². The van der Waals surface area contributed by atoms with Crippen molar-refractivity contribution < 1.29 is 4.79 Å². The third-order valence-corrected chi connectivity index (χ3v) is 4.01. The minimum atomic E-state index is -0.203. The van der Waals surface area contributed by atoms with Gasteiger partial charge >= 0.3 is 0 Å². The maximum atomic E-state index is 12.5. The number of nitrogens with one attached hydrogen (secondary N) is 1. The van der Waals surface area contributed by atoms with Gasteiger partial charge in [0.15, 0.2) is 0 Å². The molecule has 1 aromatic heterocycles. The lowest BCUT2D eigenvalue weighted by Crippen LogP contribution is -2.28. The highest BCUT2D eigenvalue weighted by molar-refractivity contribution is 5.94. The van der Waals surface area contributed by atoms with Crippen LogP contribution in [0.15, 0.2) is 61.2 Å². The van der Waals surface area contributed by atoms with Gasteiger partial charge in [-0.15, -0.1) is 6.58 Å². The van der Waals surface area contributed by atoms with E-state index in [9.17, 15) is 4.79 Å². The molecule has 1 N–H and O–H groups in total. The van der Waals surface area contributed by atoms with Gasteiger partial charge in [0.1, 0.15) is 5.82 Å².